The molecule has 1 amide bonds. The number of nitrogens with one attached hydrogen (secondary N) is 2. The van der Waals surface area contributed by atoms with Crippen LogP contribution in [0, 0.1) is 0 Å². The number of rotatable bonds is 1. The third-order valence-corrected chi connectivity index (χ3v) is 2.57. The van der Waals surface area contributed by atoms with Gasteiger partial charge in [0.25, 0.3) is 0 Å². The molecule has 0 aliphatic heterocycles. The molecule has 0 saturated heterocycles. The van der Waals surface area contributed by atoms with E-state index in [2.05, 4.69) is 15.3 Å². The first kappa shape index (κ1) is 9.65. The third-order valence-electron chi connectivity index (χ3n) is 2.57. The third kappa shape index (κ3) is 1.67. The van der Waals surface area contributed by atoms with Gasteiger partial charge in [-0.1, -0.05) is 18.2 Å². The van der Waals surface area contributed by atoms with Crippen LogP contribution in [0.1, 0.15) is 0 Å². The van der Waals surface area contributed by atoms with Gasteiger partial charge in [0.05, 0.1) is 5.69 Å². The number of carbonyl (C=O) groups is 1. The van der Waals surface area contributed by atoms with Crippen molar-refractivity contribution in [1.82, 2.24) is 14.5 Å². The van der Waals surface area contributed by atoms with Crippen molar-refractivity contribution in [3.05, 3.63) is 49.2 Å². The highest BCUT2D eigenvalue weighted by atomic mass is 16.2. The molecule has 3 aromatic rings. The van der Waals surface area contributed by atoms with Crippen molar-refractivity contribution in [2.75, 3.05) is 5.32 Å². The molecule has 5 heteroatoms. The number of imidazole rings is 1. The molecule has 3 rings (SSSR count). The van der Waals surface area contributed by atoms with E-state index in [4.69, 9.17) is 0 Å². The minimum Gasteiger partial charge on any atom is -0.359 e. The fraction of sp³-hybridized carbons (Fsp3) is 0. The molecule has 0 radical (unpaired) electrons. The predicted molar refractivity (Wildman–Crippen MR) is 64.9 cm³/mol. The van der Waals surface area contributed by atoms with Crippen LogP contribution in [-0.2, 0) is 0 Å². The molecular weight excluding hydrogens is 216 g/mol. The van der Waals surface area contributed by atoms with Gasteiger partial charge in [-0.3, -0.25) is 4.57 Å². The monoisotopic (exact) mass is 226 g/mol. The maximum absolute atomic E-state index is 11.8. The van der Waals surface area contributed by atoms with Crippen LogP contribution in [0.5, 0.6) is 0 Å². The minimum atomic E-state index is -0.229. The summed E-state index contributed by atoms with van der Waals surface area (Å²) in [7, 11) is 0. The first-order chi connectivity index (χ1) is 8.34. The molecule has 0 saturated carbocycles. The molecule has 0 aliphatic rings. The van der Waals surface area contributed by atoms with Crippen molar-refractivity contribution in [2.24, 2.45) is 0 Å². The number of nitrogens with zero attached hydrogens (tertiary/aromatic N) is 2. The zero-order valence-electron chi connectivity index (χ0n) is 8.92. The highest BCUT2D eigenvalue weighted by molar-refractivity contribution is 6.01. The van der Waals surface area contributed by atoms with Crippen LogP contribution in [0.2, 0.25) is 0 Å². The van der Waals surface area contributed by atoms with Crippen molar-refractivity contribution in [1.29, 1.82) is 0 Å². The second-order valence-electron chi connectivity index (χ2n) is 3.65. The predicted octanol–water partition coefficient (Wildman–Crippen LogP) is 2.44. The number of anilines is 1. The van der Waals surface area contributed by atoms with Crippen molar-refractivity contribution in [3.8, 4) is 0 Å². The summed E-state index contributed by atoms with van der Waals surface area (Å²) in [4.78, 5) is 18.7. The molecule has 5 nitrogen and oxygen atoms in total. The average molecular weight is 226 g/mol. The summed E-state index contributed by atoms with van der Waals surface area (Å²) in [5.41, 5.74) is 1.76. The van der Waals surface area contributed by atoms with Crippen molar-refractivity contribution < 1.29 is 4.79 Å². The first-order valence-electron chi connectivity index (χ1n) is 5.20. The zero-order chi connectivity index (χ0) is 11.7. The molecule has 0 aliphatic carbocycles. The highest BCUT2D eigenvalue weighted by Crippen LogP contribution is 2.22. The van der Waals surface area contributed by atoms with Crippen LogP contribution in [0.25, 0.3) is 10.9 Å². The van der Waals surface area contributed by atoms with E-state index in [1.807, 2.05) is 24.3 Å². The number of carbonyl (C=O) groups excluding carboxylic acids is 1. The van der Waals surface area contributed by atoms with Gasteiger partial charge >= 0.3 is 6.03 Å². The van der Waals surface area contributed by atoms with Crippen LogP contribution >= 0.6 is 0 Å². The van der Waals surface area contributed by atoms with Gasteiger partial charge in [-0.25, -0.2) is 9.78 Å². The molecule has 0 unspecified atom stereocenters. The number of amides is 1. The smallest absolute Gasteiger partial charge is 0.331 e. The largest absolute Gasteiger partial charge is 0.359 e. The van der Waals surface area contributed by atoms with Gasteiger partial charge in [-0.05, 0) is 6.07 Å². The Morgan fingerprint density at radius 3 is 3.06 bits per heavy atom. The van der Waals surface area contributed by atoms with Crippen molar-refractivity contribution in [3.63, 3.8) is 0 Å². The van der Waals surface area contributed by atoms with E-state index in [0.717, 1.165) is 16.6 Å². The number of fused-ring (bicyclic) bond motifs is 1. The molecule has 0 atom stereocenters. The van der Waals surface area contributed by atoms with Gasteiger partial charge in [-0.15, -0.1) is 0 Å². The van der Waals surface area contributed by atoms with Crippen LogP contribution in [0.3, 0.4) is 0 Å². The van der Waals surface area contributed by atoms with Crippen LogP contribution in [-0.4, -0.2) is 20.6 Å². The van der Waals surface area contributed by atoms with Gasteiger partial charge in [0.2, 0.25) is 0 Å². The normalized spacial score (nSPS) is 10.6. The van der Waals surface area contributed by atoms with E-state index in [1.165, 1.54) is 10.9 Å². The summed E-state index contributed by atoms with van der Waals surface area (Å²) in [5.74, 6) is 0. The van der Waals surface area contributed by atoms with Crippen LogP contribution in [0.4, 0.5) is 10.5 Å². The maximum Gasteiger partial charge on any atom is 0.331 e. The Morgan fingerprint density at radius 1 is 1.35 bits per heavy atom. The lowest BCUT2D eigenvalue weighted by Gasteiger charge is -2.03. The quantitative estimate of drug-likeness (QED) is 0.669. The maximum atomic E-state index is 11.8. The Hall–Kier alpha value is -2.56. The molecule has 2 N–H and O–H groups in total. The van der Waals surface area contributed by atoms with Gasteiger partial charge in [-0.2, -0.15) is 0 Å². The van der Waals surface area contributed by atoms with Crippen molar-refractivity contribution in [2.45, 2.75) is 0 Å². The Morgan fingerprint density at radius 2 is 2.24 bits per heavy atom. The summed E-state index contributed by atoms with van der Waals surface area (Å²) in [6, 6.07) is 7.56. The lowest BCUT2D eigenvalue weighted by Crippen LogP contribution is -2.17. The number of para-hydroxylation sites is 1. The lowest BCUT2D eigenvalue weighted by atomic mass is 10.2. The van der Waals surface area contributed by atoms with E-state index >= 15 is 0 Å². The molecule has 1 aromatic carbocycles. The number of hydrogen-bond donors (Lipinski definition) is 2. The molecule has 2 aromatic heterocycles. The molecule has 17 heavy (non-hydrogen) atoms. The highest BCUT2D eigenvalue weighted by Gasteiger charge is 2.07. The summed E-state index contributed by atoms with van der Waals surface area (Å²) in [6.45, 7) is 0. The number of H-pyrrole nitrogens is 1. The van der Waals surface area contributed by atoms with Gasteiger partial charge in [0.1, 0.15) is 6.33 Å². The fourth-order valence-electron chi connectivity index (χ4n) is 1.73. The summed E-state index contributed by atoms with van der Waals surface area (Å²) in [5, 5.41) is 3.81. The van der Waals surface area contributed by atoms with E-state index < -0.39 is 0 Å². The molecular formula is C12H10N4O. The van der Waals surface area contributed by atoms with Gasteiger partial charge in [0, 0.05) is 29.5 Å². The molecule has 0 fully saturated rings. The first-order valence-corrected chi connectivity index (χ1v) is 5.20. The minimum absolute atomic E-state index is 0.229. The fourth-order valence-corrected chi connectivity index (χ4v) is 1.73. The number of benzene rings is 1. The summed E-state index contributed by atoms with van der Waals surface area (Å²) in [6.07, 6.45) is 6.41. The standard InChI is InChI=1S/C12H10N4O/c17-12(16-6-5-13-8-16)15-11-7-14-10-4-2-1-3-9(10)11/h1-8,14H,(H,15,17). The average Bonchev–Trinajstić information content (AvgIpc) is 2.98. The van der Waals surface area contributed by atoms with Crippen LogP contribution in [0.15, 0.2) is 49.2 Å². The summed E-state index contributed by atoms with van der Waals surface area (Å²) < 4.78 is 1.39. The number of aromatic nitrogens is 3. The number of hydrogen-bond acceptors (Lipinski definition) is 2. The zero-order valence-corrected chi connectivity index (χ0v) is 8.92. The van der Waals surface area contributed by atoms with E-state index in [-0.39, 0.29) is 6.03 Å². The lowest BCUT2D eigenvalue weighted by molar-refractivity contribution is 0.253. The Kier molecular flexibility index (Phi) is 2.15. The van der Waals surface area contributed by atoms with E-state index in [9.17, 15) is 4.79 Å². The Labute approximate surface area is 97.1 Å². The second-order valence-corrected chi connectivity index (χ2v) is 3.65. The van der Waals surface area contributed by atoms with E-state index in [1.54, 1.807) is 18.6 Å². The van der Waals surface area contributed by atoms with Gasteiger partial charge < -0.3 is 10.3 Å². The van der Waals surface area contributed by atoms with E-state index in [0.29, 0.717) is 0 Å². The molecule has 2 heterocycles. The summed E-state index contributed by atoms with van der Waals surface area (Å²) >= 11 is 0. The van der Waals surface area contributed by atoms with Crippen molar-refractivity contribution >= 4 is 22.6 Å². The molecule has 0 spiro atoms. The number of aromatic amines is 1. The van der Waals surface area contributed by atoms with Crippen LogP contribution < -0.4 is 5.32 Å². The molecule has 84 valence electrons. The second kappa shape index (κ2) is 3.79. The molecule has 0 bridgehead atoms. The topological polar surface area (TPSA) is 62.7 Å². The van der Waals surface area contributed by atoms with Gasteiger partial charge in [0.15, 0.2) is 0 Å². The Bertz CT molecular complexity index is 654. The Balaban J connectivity index is 1.93. The SMILES string of the molecule is O=C(Nc1c[nH]c2ccccc12)n1ccnc1.